The number of ether oxygens (including phenoxy) is 3. The highest BCUT2D eigenvalue weighted by molar-refractivity contribution is 6.44. The number of fused-ring (bicyclic) bond motifs is 1. The van der Waals surface area contributed by atoms with Gasteiger partial charge in [0.15, 0.2) is 0 Å². The van der Waals surface area contributed by atoms with E-state index in [1.54, 1.807) is 18.2 Å². The fourth-order valence-corrected chi connectivity index (χ4v) is 4.41. The second-order valence-corrected chi connectivity index (χ2v) is 8.26. The zero-order chi connectivity index (χ0) is 26.0. The minimum Gasteiger partial charge on any atom is -0.496 e. The van der Waals surface area contributed by atoms with Gasteiger partial charge in [0.05, 0.1) is 21.3 Å². The summed E-state index contributed by atoms with van der Waals surface area (Å²) in [5, 5.41) is 4.86. The Morgan fingerprint density at radius 3 is 2.36 bits per heavy atom. The van der Waals surface area contributed by atoms with Gasteiger partial charge >= 0.3 is 0 Å². The van der Waals surface area contributed by atoms with Crippen molar-refractivity contribution in [2.45, 2.75) is 32.0 Å². The van der Waals surface area contributed by atoms with E-state index in [1.807, 2.05) is 0 Å². The Morgan fingerprint density at radius 1 is 1.06 bits per heavy atom. The van der Waals surface area contributed by atoms with E-state index < -0.39 is 23.6 Å². The summed E-state index contributed by atoms with van der Waals surface area (Å²) in [6.45, 7) is 0.131. The highest BCUT2D eigenvalue weighted by Gasteiger charge is 2.39. The van der Waals surface area contributed by atoms with Gasteiger partial charge in [0.2, 0.25) is 11.8 Å². The third-order valence-electron chi connectivity index (χ3n) is 6.27. The molecule has 0 aliphatic carbocycles. The average molecular weight is 495 g/mol. The molecular weight excluding hydrogens is 470 g/mol. The number of amides is 4. The number of methoxy groups -OCH3 is 3. The van der Waals surface area contributed by atoms with Crippen LogP contribution in [0, 0.1) is 0 Å². The molecule has 0 spiro atoms. The average Bonchev–Trinajstić information content (AvgIpc) is 3.22. The van der Waals surface area contributed by atoms with Gasteiger partial charge in [-0.15, -0.1) is 0 Å². The summed E-state index contributed by atoms with van der Waals surface area (Å²) < 4.78 is 15.7. The smallest absolute Gasteiger partial charge is 0.292 e. The molecule has 11 heteroatoms. The van der Waals surface area contributed by atoms with Crippen LogP contribution in [0.2, 0.25) is 0 Å². The first-order valence-electron chi connectivity index (χ1n) is 11.2. The molecule has 2 heterocycles. The lowest BCUT2D eigenvalue weighted by molar-refractivity contribution is -0.136. The second kappa shape index (κ2) is 10.1. The molecule has 1 fully saturated rings. The lowest BCUT2D eigenvalue weighted by Crippen LogP contribution is -2.52. The molecule has 4 amide bonds. The molecule has 0 bridgehead atoms. The number of carbonyl (C=O) groups is 5. The molecular formula is C25H25N3O8. The minimum atomic E-state index is -0.888. The molecule has 11 nitrogen and oxygen atoms in total. The maximum atomic E-state index is 13.0. The Morgan fingerprint density at radius 2 is 1.75 bits per heavy atom. The normalized spacial score (nSPS) is 16.8. The van der Waals surface area contributed by atoms with Gasteiger partial charge in [0.25, 0.3) is 17.6 Å². The standard InChI is InChI=1S/C25H25N3O8/c1-34-14-9-18(35-2)21(19(10-14)36-3)22(30)24(32)26-11-13-5-4-6-15-16(13)12-28(25(15)33)17-7-8-20(29)27-23(17)31/h4-6,9-10,17H,7-8,11-12H2,1-3H3,(H,26,32)(H,27,29,31). The van der Waals surface area contributed by atoms with Gasteiger partial charge in [-0.25, -0.2) is 0 Å². The molecule has 1 saturated heterocycles. The van der Waals surface area contributed by atoms with Gasteiger partial charge in [-0.3, -0.25) is 29.3 Å². The molecule has 2 aliphatic rings. The van der Waals surface area contributed by atoms with Crippen LogP contribution in [0.4, 0.5) is 0 Å². The van der Waals surface area contributed by atoms with E-state index in [0.717, 1.165) is 0 Å². The van der Waals surface area contributed by atoms with Crippen LogP contribution >= 0.6 is 0 Å². The molecule has 188 valence electrons. The predicted octanol–water partition coefficient (Wildman–Crippen LogP) is 0.972. The minimum absolute atomic E-state index is 0.0228. The SMILES string of the molecule is COc1cc(OC)c(C(=O)C(=O)NCc2cccc3c2CN(C2CCC(=O)NC2=O)C3=O)c(OC)c1. The number of nitrogens with zero attached hydrogens (tertiary/aromatic N) is 1. The van der Waals surface area contributed by atoms with Crippen molar-refractivity contribution >= 4 is 29.4 Å². The van der Waals surface area contributed by atoms with Crippen molar-refractivity contribution in [3.05, 3.63) is 52.6 Å². The first-order chi connectivity index (χ1) is 17.3. The Kier molecular flexibility index (Phi) is 6.91. The maximum absolute atomic E-state index is 13.0. The van der Waals surface area contributed by atoms with Crippen LogP contribution in [0.5, 0.6) is 17.2 Å². The number of nitrogens with one attached hydrogen (secondary N) is 2. The quantitative estimate of drug-likeness (QED) is 0.314. The van der Waals surface area contributed by atoms with E-state index in [2.05, 4.69) is 10.6 Å². The third kappa shape index (κ3) is 4.47. The molecule has 0 aromatic heterocycles. The van der Waals surface area contributed by atoms with E-state index in [0.29, 0.717) is 22.4 Å². The Hall–Kier alpha value is -4.41. The molecule has 0 radical (unpaired) electrons. The molecule has 2 aliphatic heterocycles. The molecule has 36 heavy (non-hydrogen) atoms. The molecule has 2 aromatic rings. The van der Waals surface area contributed by atoms with Crippen LogP contribution < -0.4 is 24.8 Å². The fourth-order valence-electron chi connectivity index (χ4n) is 4.41. The largest absolute Gasteiger partial charge is 0.496 e. The molecule has 1 atom stereocenters. The number of imide groups is 1. The van der Waals surface area contributed by atoms with Crippen LogP contribution in [0.3, 0.4) is 0 Å². The van der Waals surface area contributed by atoms with Gasteiger partial charge in [0.1, 0.15) is 28.9 Å². The number of carbonyl (C=O) groups excluding carboxylic acids is 5. The number of piperidine rings is 1. The van der Waals surface area contributed by atoms with E-state index in [9.17, 15) is 24.0 Å². The molecule has 2 aromatic carbocycles. The number of Topliss-reactive ketones (excluding diaryl/α,β-unsaturated/α-hetero) is 1. The summed E-state index contributed by atoms with van der Waals surface area (Å²) in [6.07, 6.45) is 0.399. The van der Waals surface area contributed by atoms with Gasteiger partial charge in [-0.2, -0.15) is 0 Å². The number of hydrogen-bond donors (Lipinski definition) is 2. The first-order valence-corrected chi connectivity index (χ1v) is 11.2. The number of rotatable bonds is 8. The van der Waals surface area contributed by atoms with Crippen molar-refractivity contribution in [2.75, 3.05) is 21.3 Å². The number of ketones is 1. The summed E-state index contributed by atoms with van der Waals surface area (Å²) >= 11 is 0. The van der Waals surface area contributed by atoms with Gasteiger partial charge in [-0.05, 0) is 23.6 Å². The monoisotopic (exact) mass is 495 g/mol. The van der Waals surface area contributed by atoms with Crippen molar-refractivity contribution < 1.29 is 38.2 Å². The number of hydrogen-bond acceptors (Lipinski definition) is 8. The van der Waals surface area contributed by atoms with E-state index in [1.165, 1.54) is 38.4 Å². The Labute approximate surface area is 206 Å². The van der Waals surface area contributed by atoms with Crippen LogP contribution in [0.1, 0.15) is 44.7 Å². The first kappa shape index (κ1) is 24.7. The fraction of sp³-hybridized carbons (Fsp3) is 0.320. The molecule has 1 unspecified atom stereocenters. The molecule has 0 saturated carbocycles. The maximum Gasteiger partial charge on any atom is 0.292 e. The van der Waals surface area contributed by atoms with Crippen molar-refractivity contribution in [2.24, 2.45) is 0 Å². The highest BCUT2D eigenvalue weighted by atomic mass is 16.5. The van der Waals surface area contributed by atoms with E-state index in [4.69, 9.17) is 14.2 Å². The second-order valence-electron chi connectivity index (χ2n) is 8.26. The Balaban J connectivity index is 1.51. The van der Waals surface area contributed by atoms with Gasteiger partial charge in [-0.1, -0.05) is 12.1 Å². The van der Waals surface area contributed by atoms with Gasteiger partial charge < -0.3 is 24.4 Å². The predicted molar refractivity (Wildman–Crippen MR) is 125 cm³/mol. The van der Waals surface area contributed by atoms with E-state index in [-0.39, 0.29) is 54.8 Å². The molecule has 4 rings (SSSR count). The van der Waals surface area contributed by atoms with Crippen LogP contribution in [-0.2, 0) is 27.5 Å². The van der Waals surface area contributed by atoms with E-state index >= 15 is 0 Å². The Bertz CT molecular complexity index is 1250. The zero-order valence-electron chi connectivity index (χ0n) is 20.0. The van der Waals surface area contributed by atoms with Crippen molar-refractivity contribution in [1.82, 2.24) is 15.5 Å². The van der Waals surface area contributed by atoms with Crippen molar-refractivity contribution in [1.29, 1.82) is 0 Å². The zero-order valence-corrected chi connectivity index (χ0v) is 20.0. The highest BCUT2D eigenvalue weighted by Crippen LogP contribution is 2.34. The van der Waals surface area contributed by atoms with Crippen molar-refractivity contribution in [3.63, 3.8) is 0 Å². The van der Waals surface area contributed by atoms with Crippen LogP contribution in [-0.4, -0.2) is 61.7 Å². The lowest BCUT2D eigenvalue weighted by atomic mass is 10.0. The van der Waals surface area contributed by atoms with Gasteiger partial charge in [0, 0.05) is 37.2 Å². The topological polar surface area (TPSA) is 140 Å². The lowest BCUT2D eigenvalue weighted by Gasteiger charge is -2.29. The molecule has 2 N–H and O–H groups in total. The summed E-state index contributed by atoms with van der Waals surface area (Å²) in [5.74, 6) is -2.30. The van der Waals surface area contributed by atoms with Crippen LogP contribution in [0.25, 0.3) is 0 Å². The summed E-state index contributed by atoms with van der Waals surface area (Å²) in [6, 6.07) is 7.25. The summed E-state index contributed by atoms with van der Waals surface area (Å²) in [4.78, 5) is 64.0. The summed E-state index contributed by atoms with van der Waals surface area (Å²) in [7, 11) is 4.18. The number of benzene rings is 2. The van der Waals surface area contributed by atoms with Crippen molar-refractivity contribution in [3.8, 4) is 17.2 Å². The third-order valence-corrected chi connectivity index (χ3v) is 6.27. The summed E-state index contributed by atoms with van der Waals surface area (Å²) in [5.41, 5.74) is 1.65. The van der Waals surface area contributed by atoms with Crippen LogP contribution in [0.15, 0.2) is 30.3 Å².